The first-order valence-corrected chi connectivity index (χ1v) is 9.92. The van der Waals surface area contributed by atoms with Crippen LogP contribution < -0.4 is 10.2 Å². The quantitative estimate of drug-likeness (QED) is 0.924. The highest BCUT2D eigenvalue weighted by Gasteiger charge is 2.28. The minimum Gasteiger partial charge on any atom is -0.383 e. The van der Waals surface area contributed by atoms with Crippen molar-refractivity contribution in [2.75, 3.05) is 49.2 Å². The number of anilines is 2. The molecule has 0 radical (unpaired) electrons. The van der Waals surface area contributed by atoms with Crippen molar-refractivity contribution in [3.63, 3.8) is 0 Å². The minimum atomic E-state index is -3.06. The van der Waals surface area contributed by atoms with Crippen LogP contribution in [0.25, 0.3) is 0 Å². The van der Waals surface area contributed by atoms with E-state index in [2.05, 4.69) is 34.5 Å². The molecule has 6 heteroatoms. The van der Waals surface area contributed by atoms with Crippen LogP contribution in [0.3, 0.4) is 0 Å². The Hall–Kier alpha value is -1.27. The van der Waals surface area contributed by atoms with E-state index in [9.17, 15) is 8.42 Å². The lowest BCUT2D eigenvalue weighted by Crippen LogP contribution is -2.43. The largest absolute Gasteiger partial charge is 0.383 e. The highest BCUT2D eigenvalue weighted by atomic mass is 32.2. The zero-order valence-corrected chi connectivity index (χ0v) is 14.0. The Morgan fingerprint density at radius 1 is 1.23 bits per heavy atom. The summed E-state index contributed by atoms with van der Waals surface area (Å²) in [5, 5.41) is 3.48. The molecule has 2 heterocycles. The number of rotatable bonds is 3. The molecule has 122 valence electrons. The van der Waals surface area contributed by atoms with Gasteiger partial charge in [0.05, 0.1) is 17.6 Å². The molecule has 2 aliphatic heterocycles. The second-order valence-electron chi connectivity index (χ2n) is 6.37. The summed E-state index contributed by atoms with van der Waals surface area (Å²) in [5.41, 5.74) is 2.44. The van der Waals surface area contributed by atoms with Gasteiger partial charge in [0.2, 0.25) is 10.0 Å². The Kier molecular flexibility index (Phi) is 4.59. The Morgan fingerprint density at radius 2 is 2.05 bits per heavy atom. The Balaban J connectivity index is 1.73. The van der Waals surface area contributed by atoms with Crippen LogP contribution >= 0.6 is 0 Å². The number of nitrogens with zero attached hydrogens (tertiary/aromatic N) is 2. The summed E-state index contributed by atoms with van der Waals surface area (Å²) < 4.78 is 25.2. The molecule has 0 spiro atoms. The lowest BCUT2D eigenvalue weighted by molar-refractivity contribution is 0.269. The summed E-state index contributed by atoms with van der Waals surface area (Å²) in [6.07, 6.45) is 4.50. The number of hydrogen-bond donors (Lipinski definition) is 1. The van der Waals surface area contributed by atoms with E-state index in [4.69, 9.17) is 0 Å². The van der Waals surface area contributed by atoms with E-state index < -0.39 is 10.0 Å². The third-order valence-electron chi connectivity index (χ3n) is 4.59. The van der Waals surface area contributed by atoms with Gasteiger partial charge < -0.3 is 10.2 Å². The van der Waals surface area contributed by atoms with Gasteiger partial charge in [-0.2, -0.15) is 0 Å². The third kappa shape index (κ3) is 3.55. The van der Waals surface area contributed by atoms with Crippen molar-refractivity contribution < 1.29 is 8.42 Å². The van der Waals surface area contributed by atoms with Crippen LogP contribution in [0.4, 0.5) is 11.4 Å². The first-order chi connectivity index (χ1) is 10.5. The van der Waals surface area contributed by atoms with Gasteiger partial charge in [-0.15, -0.1) is 0 Å². The molecule has 1 aromatic carbocycles. The van der Waals surface area contributed by atoms with Crippen LogP contribution in [0.1, 0.15) is 19.3 Å². The van der Waals surface area contributed by atoms with Crippen molar-refractivity contribution in [3.05, 3.63) is 24.3 Å². The zero-order chi connectivity index (χ0) is 15.6. The molecule has 0 bridgehead atoms. The average Bonchev–Trinajstić information content (AvgIpc) is 2.70. The number of hydrogen-bond acceptors (Lipinski definition) is 4. The first kappa shape index (κ1) is 15.6. The molecule has 0 amide bonds. The maximum atomic E-state index is 11.8. The lowest BCUT2D eigenvalue weighted by Gasteiger charge is -2.35. The van der Waals surface area contributed by atoms with Crippen molar-refractivity contribution in [1.29, 1.82) is 0 Å². The van der Waals surface area contributed by atoms with Gasteiger partial charge in [-0.1, -0.05) is 12.1 Å². The molecular formula is C16H25N3O2S. The molecule has 22 heavy (non-hydrogen) atoms. The molecule has 1 unspecified atom stereocenters. The van der Waals surface area contributed by atoms with E-state index in [1.807, 2.05) is 0 Å². The van der Waals surface area contributed by atoms with Crippen LogP contribution in [-0.4, -0.2) is 51.7 Å². The topological polar surface area (TPSA) is 52.7 Å². The van der Waals surface area contributed by atoms with Crippen LogP contribution in [0.5, 0.6) is 0 Å². The maximum Gasteiger partial charge on any atom is 0.211 e. The lowest BCUT2D eigenvalue weighted by atomic mass is 9.98. The second kappa shape index (κ2) is 6.46. The summed E-state index contributed by atoms with van der Waals surface area (Å²) in [6, 6.07) is 8.41. The molecule has 1 saturated heterocycles. The van der Waals surface area contributed by atoms with Gasteiger partial charge in [-0.25, -0.2) is 12.7 Å². The molecule has 1 fully saturated rings. The van der Waals surface area contributed by atoms with Crippen molar-refractivity contribution >= 4 is 21.4 Å². The highest BCUT2D eigenvalue weighted by Crippen LogP contribution is 2.30. The smallest absolute Gasteiger partial charge is 0.211 e. The molecule has 1 atom stereocenters. The normalized spacial score (nSPS) is 23.5. The van der Waals surface area contributed by atoms with Crippen LogP contribution in [0.15, 0.2) is 24.3 Å². The molecule has 2 aliphatic rings. The number of nitrogens with one attached hydrogen (secondary N) is 1. The SMILES string of the molecule is CS(=O)(=O)N1CCCC(CN2CCCNc3ccccc32)C1. The maximum absolute atomic E-state index is 11.8. The molecule has 3 rings (SSSR count). The van der Waals surface area contributed by atoms with Gasteiger partial charge in [0, 0.05) is 32.7 Å². The fraction of sp³-hybridized carbons (Fsp3) is 0.625. The predicted molar refractivity (Wildman–Crippen MR) is 90.9 cm³/mol. The van der Waals surface area contributed by atoms with Crippen molar-refractivity contribution in [2.45, 2.75) is 19.3 Å². The van der Waals surface area contributed by atoms with Crippen LogP contribution in [0.2, 0.25) is 0 Å². The summed E-state index contributed by atoms with van der Waals surface area (Å²) in [7, 11) is -3.06. The molecule has 0 aliphatic carbocycles. The summed E-state index contributed by atoms with van der Waals surface area (Å²) in [5.74, 6) is 0.412. The molecule has 1 aromatic rings. The molecule has 0 saturated carbocycles. The molecule has 1 N–H and O–H groups in total. The monoisotopic (exact) mass is 323 g/mol. The summed E-state index contributed by atoms with van der Waals surface area (Å²) in [4.78, 5) is 2.42. The van der Waals surface area contributed by atoms with Gasteiger partial charge in [0.15, 0.2) is 0 Å². The van der Waals surface area contributed by atoms with E-state index in [0.29, 0.717) is 19.0 Å². The van der Waals surface area contributed by atoms with Gasteiger partial charge in [0.25, 0.3) is 0 Å². The molecular weight excluding hydrogens is 298 g/mol. The summed E-state index contributed by atoms with van der Waals surface area (Å²) >= 11 is 0. The minimum absolute atomic E-state index is 0.412. The van der Waals surface area contributed by atoms with Crippen LogP contribution in [-0.2, 0) is 10.0 Å². The standard InChI is InChI=1S/C16H25N3O2S/c1-22(20,21)19-11-4-6-14(13-19)12-18-10-5-9-17-15-7-2-3-8-16(15)18/h2-3,7-8,14,17H,4-6,9-13H2,1H3. The Labute approximate surface area is 133 Å². The Morgan fingerprint density at radius 3 is 2.86 bits per heavy atom. The van der Waals surface area contributed by atoms with E-state index >= 15 is 0 Å². The van der Waals surface area contributed by atoms with Gasteiger partial charge in [-0.3, -0.25) is 0 Å². The van der Waals surface area contributed by atoms with E-state index in [0.717, 1.165) is 38.9 Å². The average molecular weight is 323 g/mol. The van der Waals surface area contributed by atoms with Gasteiger partial charge in [-0.05, 0) is 37.3 Å². The first-order valence-electron chi connectivity index (χ1n) is 8.07. The van der Waals surface area contributed by atoms with E-state index in [-0.39, 0.29) is 0 Å². The second-order valence-corrected chi connectivity index (χ2v) is 8.36. The van der Waals surface area contributed by atoms with E-state index in [1.165, 1.54) is 17.6 Å². The summed E-state index contributed by atoms with van der Waals surface area (Å²) in [6.45, 7) is 4.29. The Bertz CT molecular complexity index is 618. The predicted octanol–water partition coefficient (Wildman–Crippen LogP) is 1.98. The van der Waals surface area contributed by atoms with Crippen LogP contribution in [0, 0.1) is 5.92 Å². The number of piperidine rings is 1. The number of benzene rings is 1. The van der Waals surface area contributed by atoms with Crippen molar-refractivity contribution in [3.8, 4) is 0 Å². The molecule has 0 aromatic heterocycles. The van der Waals surface area contributed by atoms with Crippen molar-refractivity contribution in [1.82, 2.24) is 4.31 Å². The van der Waals surface area contributed by atoms with Gasteiger partial charge >= 0.3 is 0 Å². The van der Waals surface area contributed by atoms with E-state index in [1.54, 1.807) is 4.31 Å². The number of sulfonamides is 1. The third-order valence-corrected chi connectivity index (χ3v) is 5.86. The fourth-order valence-electron chi connectivity index (χ4n) is 3.49. The van der Waals surface area contributed by atoms with Crippen molar-refractivity contribution in [2.24, 2.45) is 5.92 Å². The number of fused-ring (bicyclic) bond motifs is 1. The molecule has 5 nitrogen and oxygen atoms in total. The fourth-order valence-corrected chi connectivity index (χ4v) is 4.43. The number of para-hydroxylation sites is 2. The highest BCUT2D eigenvalue weighted by molar-refractivity contribution is 7.88. The van der Waals surface area contributed by atoms with Gasteiger partial charge in [0.1, 0.15) is 0 Å². The zero-order valence-electron chi connectivity index (χ0n) is 13.2.